The van der Waals surface area contributed by atoms with Gasteiger partial charge in [0.15, 0.2) is 0 Å². The first-order chi connectivity index (χ1) is 9.65. The highest BCUT2D eigenvalue weighted by molar-refractivity contribution is 7.48. The van der Waals surface area contributed by atoms with Gasteiger partial charge >= 0.3 is 7.82 Å². The summed E-state index contributed by atoms with van der Waals surface area (Å²) in [6.07, 6.45) is 2.71. The Kier molecular flexibility index (Phi) is 8.24. The van der Waals surface area contributed by atoms with E-state index in [2.05, 4.69) is 0 Å². The number of alkyl halides is 1. The molecule has 0 aliphatic rings. The number of halogens is 1. The minimum absolute atomic E-state index is 0.270. The summed E-state index contributed by atoms with van der Waals surface area (Å²) < 4.78 is 28.2. The summed E-state index contributed by atoms with van der Waals surface area (Å²) in [5.74, 6) is 1.19. The van der Waals surface area contributed by atoms with Crippen molar-refractivity contribution in [1.29, 1.82) is 0 Å². The molecule has 0 aliphatic heterocycles. The molecule has 0 aromatic heterocycles. The maximum atomic E-state index is 12.4. The summed E-state index contributed by atoms with van der Waals surface area (Å²) >= 11 is 5.68. The smallest absolute Gasteiger partial charge is 0.404 e. The molecule has 0 heterocycles. The van der Waals surface area contributed by atoms with Gasteiger partial charge in [0, 0.05) is 5.88 Å². The molecule has 0 fully saturated rings. The van der Waals surface area contributed by atoms with Crippen LogP contribution in [0.3, 0.4) is 0 Å². The molecule has 114 valence electrons. The second-order valence-corrected chi connectivity index (χ2v) is 6.10. The first-order valence-corrected chi connectivity index (χ1v) is 8.87. The molecule has 0 unspecified atom stereocenters. The lowest BCUT2D eigenvalue weighted by Gasteiger charge is -2.19. The summed E-state index contributed by atoms with van der Waals surface area (Å²) in [6, 6.07) is 7.49. The maximum Gasteiger partial charge on any atom is 0.530 e. The first-order valence-electron chi connectivity index (χ1n) is 6.87. The molecule has 0 radical (unpaired) electrons. The zero-order chi connectivity index (χ0) is 14.8. The Morgan fingerprint density at radius 3 is 2.35 bits per heavy atom. The van der Waals surface area contributed by atoms with E-state index >= 15 is 0 Å². The van der Waals surface area contributed by atoms with Crippen molar-refractivity contribution in [2.75, 3.05) is 19.1 Å². The molecule has 0 N–H and O–H groups in total. The van der Waals surface area contributed by atoms with Gasteiger partial charge in [-0.1, -0.05) is 18.2 Å². The topological polar surface area (TPSA) is 44.8 Å². The zero-order valence-corrected chi connectivity index (χ0v) is 13.7. The minimum atomic E-state index is -3.53. The van der Waals surface area contributed by atoms with Crippen molar-refractivity contribution in [3.05, 3.63) is 29.8 Å². The van der Waals surface area contributed by atoms with Crippen LogP contribution in [0.15, 0.2) is 24.3 Å². The zero-order valence-electron chi connectivity index (χ0n) is 12.0. The van der Waals surface area contributed by atoms with E-state index in [0.29, 0.717) is 11.6 Å². The minimum Gasteiger partial charge on any atom is -0.404 e. The summed E-state index contributed by atoms with van der Waals surface area (Å²) in [5.41, 5.74) is 0.984. The van der Waals surface area contributed by atoms with Gasteiger partial charge in [0.05, 0.1) is 13.2 Å². The summed E-state index contributed by atoms with van der Waals surface area (Å²) in [6.45, 7) is 4.04. The number of rotatable bonds is 10. The second-order valence-electron chi connectivity index (χ2n) is 4.13. The average Bonchev–Trinajstić information content (AvgIpc) is 2.41. The van der Waals surface area contributed by atoms with Gasteiger partial charge in [0.25, 0.3) is 0 Å². The van der Waals surface area contributed by atoms with Gasteiger partial charge in [-0.2, -0.15) is 0 Å². The van der Waals surface area contributed by atoms with Crippen LogP contribution in [0, 0.1) is 0 Å². The molecule has 1 aromatic carbocycles. The van der Waals surface area contributed by atoms with Gasteiger partial charge in [-0.05, 0) is 44.7 Å². The highest BCUT2D eigenvalue weighted by Gasteiger charge is 2.28. The maximum absolute atomic E-state index is 12.4. The van der Waals surface area contributed by atoms with Crippen molar-refractivity contribution < 1.29 is 18.1 Å². The van der Waals surface area contributed by atoms with Crippen LogP contribution in [0.1, 0.15) is 32.3 Å². The van der Waals surface area contributed by atoms with Crippen LogP contribution < -0.4 is 4.52 Å². The highest BCUT2D eigenvalue weighted by Crippen LogP contribution is 2.50. The lowest BCUT2D eigenvalue weighted by atomic mass is 10.1. The Hall–Kier alpha value is -0.540. The molecule has 0 spiro atoms. The Labute approximate surface area is 126 Å². The molecule has 6 heteroatoms. The number of aryl methyl sites for hydroxylation is 1. The molecule has 0 bridgehead atoms. The number of hydrogen-bond donors (Lipinski definition) is 0. The van der Waals surface area contributed by atoms with E-state index in [-0.39, 0.29) is 13.2 Å². The van der Waals surface area contributed by atoms with E-state index in [4.69, 9.17) is 25.2 Å². The number of phosphoric ester groups is 1. The lowest BCUT2D eigenvalue weighted by Crippen LogP contribution is -2.04. The number of benzene rings is 1. The first kappa shape index (κ1) is 17.5. The third kappa shape index (κ3) is 5.84. The van der Waals surface area contributed by atoms with Gasteiger partial charge < -0.3 is 4.52 Å². The summed E-state index contributed by atoms with van der Waals surface area (Å²) in [5, 5.41) is 0. The third-order valence-electron chi connectivity index (χ3n) is 2.59. The molecule has 0 saturated heterocycles. The average molecular weight is 321 g/mol. The summed E-state index contributed by atoms with van der Waals surface area (Å²) in [7, 11) is -3.53. The lowest BCUT2D eigenvalue weighted by molar-refractivity contribution is 0.167. The van der Waals surface area contributed by atoms with E-state index in [9.17, 15) is 4.57 Å². The Morgan fingerprint density at radius 2 is 1.75 bits per heavy atom. The van der Waals surface area contributed by atoms with E-state index in [1.54, 1.807) is 19.9 Å². The fourth-order valence-corrected chi connectivity index (χ4v) is 3.16. The van der Waals surface area contributed by atoms with Crippen LogP contribution in [-0.4, -0.2) is 19.1 Å². The van der Waals surface area contributed by atoms with Crippen LogP contribution in [0.25, 0.3) is 0 Å². The van der Waals surface area contributed by atoms with Gasteiger partial charge in [-0.15, -0.1) is 11.6 Å². The molecule has 0 atom stereocenters. The molecule has 0 amide bonds. The molecular weight excluding hydrogens is 299 g/mol. The largest absolute Gasteiger partial charge is 0.530 e. The molecular formula is C14H22ClO4P. The molecule has 20 heavy (non-hydrogen) atoms. The summed E-state index contributed by atoms with van der Waals surface area (Å²) in [4.78, 5) is 0. The van der Waals surface area contributed by atoms with Gasteiger partial charge in [-0.25, -0.2) is 4.57 Å². The molecule has 0 saturated carbocycles. The fourth-order valence-electron chi connectivity index (χ4n) is 1.74. The van der Waals surface area contributed by atoms with E-state index in [0.717, 1.165) is 24.8 Å². The van der Waals surface area contributed by atoms with Gasteiger partial charge in [-0.3, -0.25) is 9.05 Å². The molecule has 1 rings (SSSR count). The van der Waals surface area contributed by atoms with Crippen LogP contribution in [-0.2, 0) is 20.0 Å². The monoisotopic (exact) mass is 320 g/mol. The van der Waals surface area contributed by atoms with Crippen molar-refractivity contribution in [3.8, 4) is 5.75 Å². The molecule has 1 aromatic rings. The van der Waals surface area contributed by atoms with Crippen LogP contribution in [0.2, 0.25) is 0 Å². The predicted molar refractivity (Wildman–Crippen MR) is 81.6 cm³/mol. The van der Waals surface area contributed by atoms with Gasteiger partial charge in [0.1, 0.15) is 5.75 Å². The number of hydrogen-bond acceptors (Lipinski definition) is 4. The van der Waals surface area contributed by atoms with Crippen molar-refractivity contribution in [1.82, 2.24) is 0 Å². The number of phosphoric acid groups is 1. The second kappa shape index (κ2) is 9.41. The number of para-hydroxylation sites is 1. The standard InChI is InChI=1S/C14H22ClO4P/c1-3-17-20(16,18-4-2)19-14-11-6-5-9-13(14)10-7-8-12-15/h5-6,9,11H,3-4,7-8,10,12H2,1-2H3. The predicted octanol–water partition coefficient (Wildman–Crippen LogP) is 4.81. The van der Waals surface area contributed by atoms with E-state index < -0.39 is 7.82 Å². The molecule has 0 aliphatic carbocycles. The highest BCUT2D eigenvalue weighted by atomic mass is 35.5. The van der Waals surface area contributed by atoms with E-state index in [1.165, 1.54) is 0 Å². The van der Waals surface area contributed by atoms with E-state index in [1.807, 2.05) is 18.2 Å². The Bertz CT molecular complexity index is 429. The number of unbranched alkanes of at least 4 members (excludes halogenated alkanes) is 1. The van der Waals surface area contributed by atoms with Crippen LogP contribution in [0.5, 0.6) is 5.75 Å². The Morgan fingerprint density at radius 1 is 1.10 bits per heavy atom. The quantitative estimate of drug-likeness (QED) is 0.352. The van der Waals surface area contributed by atoms with Crippen molar-refractivity contribution >= 4 is 19.4 Å². The fraction of sp³-hybridized carbons (Fsp3) is 0.571. The Balaban J connectivity index is 2.81. The normalized spacial score (nSPS) is 11.6. The van der Waals surface area contributed by atoms with Crippen LogP contribution >= 0.6 is 19.4 Å². The third-order valence-corrected chi connectivity index (χ3v) is 4.42. The van der Waals surface area contributed by atoms with Gasteiger partial charge in [0.2, 0.25) is 0 Å². The van der Waals surface area contributed by atoms with Crippen molar-refractivity contribution in [2.24, 2.45) is 0 Å². The van der Waals surface area contributed by atoms with Crippen molar-refractivity contribution in [3.63, 3.8) is 0 Å². The van der Waals surface area contributed by atoms with Crippen molar-refractivity contribution in [2.45, 2.75) is 33.1 Å². The molecule has 4 nitrogen and oxygen atoms in total. The van der Waals surface area contributed by atoms with Crippen LogP contribution in [0.4, 0.5) is 0 Å². The SMILES string of the molecule is CCOP(=O)(OCC)Oc1ccccc1CCCCCl.